The molecule has 1 fully saturated rings. The molecule has 0 bridgehead atoms. The summed E-state index contributed by atoms with van der Waals surface area (Å²) >= 11 is 0. The molecule has 0 unspecified atom stereocenters. The van der Waals surface area contributed by atoms with Gasteiger partial charge in [-0.05, 0) is 43.2 Å². The number of hydrogen-bond donors (Lipinski definition) is 1. The van der Waals surface area contributed by atoms with E-state index >= 15 is 0 Å². The minimum atomic E-state index is -0.478. The number of nitrogens with one attached hydrogen (secondary N) is 1. The molecule has 2 aromatic heterocycles. The first-order valence-corrected chi connectivity index (χ1v) is 10.4. The van der Waals surface area contributed by atoms with Crippen molar-refractivity contribution in [3.8, 4) is 11.3 Å². The number of pyridine rings is 1. The molecular weight excluding hydrogens is 393 g/mol. The zero-order valence-electron chi connectivity index (χ0n) is 18.0. The van der Waals surface area contributed by atoms with Crippen LogP contribution in [-0.2, 0) is 4.79 Å². The van der Waals surface area contributed by atoms with Crippen LogP contribution in [0.4, 0.5) is 15.9 Å². The molecule has 1 amide bonds. The van der Waals surface area contributed by atoms with Crippen molar-refractivity contribution in [1.82, 2.24) is 19.9 Å². The van der Waals surface area contributed by atoms with Gasteiger partial charge in [0.25, 0.3) is 0 Å². The van der Waals surface area contributed by atoms with Crippen molar-refractivity contribution in [3.05, 3.63) is 66.5 Å². The third kappa shape index (κ3) is 4.71. The summed E-state index contributed by atoms with van der Waals surface area (Å²) in [5.74, 6) is 0.903. The van der Waals surface area contributed by atoms with Gasteiger partial charge in [-0.15, -0.1) is 0 Å². The van der Waals surface area contributed by atoms with Crippen LogP contribution in [0.5, 0.6) is 0 Å². The van der Waals surface area contributed by atoms with Crippen LogP contribution in [0.1, 0.15) is 45.5 Å². The van der Waals surface area contributed by atoms with Gasteiger partial charge in [-0.3, -0.25) is 9.78 Å². The Hall–Kier alpha value is -3.35. The average Bonchev–Trinajstić information content (AvgIpc) is 3.23. The Morgan fingerprint density at radius 1 is 1.13 bits per heavy atom. The first kappa shape index (κ1) is 20.9. The molecular formula is C24H26FN5O. The van der Waals surface area contributed by atoms with Crippen LogP contribution in [0.2, 0.25) is 0 Å². The number of nitrogens with zero attached hydrogens (tertiary/aromatic N) is 4. The van der Waals surface area contributed by atoms with Crippen molar-refractivity contribution >= 4 is 17.4 Å². The molecule has 3 heterocycles. The fourth-order valence-corrected chi connectivity index (χ4v) is 3.77. The lowest BCUT2D eigenvalue weighted by Gasteiger charge is -2.30. The van der Waals surface area contributed by atoms with Crippen LogP contribution in [0.25, 0.3) is 11.3 Å². The van der Waals surface area contributed by atoms with Gasteiger partial charge in [0.2, 0.25) is 5.91 Å². The number of halogens is 1. The number of carbonyl (C=O) groups excluding carboxylic acids is 1. The molecule has 1 aromatic carbocycles. The number of anilines is 2. The maximum atomic E-state index is 13.7. The predicted octanol–water partition coefficient (Wildman–Crippen LogP) is 5.13. The van der Waals surface area contributed by atoms with Crippen molar-refractivity contribution in [1.29, 1.82) is 0 Å². The van der Waals surface area contributed by atoms with Gasteiger partial charge >= 0.3 is 0 Å². The second kappa shape index (κ2) is 8.41. The summed E-state index contributed by atoms with van der Waals surface area (Å²) < 4.78 is 13.7. The topological polar surface area (TPSA) is 71.0 Å². The number of aromatic nitrogens is 3. The molecule has 1 atom stereocenters. The zero-order chi connectivity index (χ0) is 22.0. The molecule has 0 spiro atoms. The Morgan fingerprint density at radius 2 is 1.90 bits per heavy atom. The summed E-state index contributed by atoms with van der Waals surface area (Å²) in [4.78, 5) is 28.5. The van der Waals surface area contributed by atoms with E-state index in [9.17, 15) is 9.18 Å². The van der Waals surface area contributed by atoms with Crippen molar-refractivity contribution in [2.45, 2.75) is 39.7 Å². The van der Waals surface area contributed by atoms with Crippen LogP contribution >= 0.6 is 0 Å². The maximum Gasteiger partial charge on any atom is 0.228 e. The van der Waals surface area contributed by atoms with Crippen molar-refractivity contribution in [2.24, 2.45) is 5.41 Å². The normalized spacial score (nSPS) is 16.4. The molecule has 0 radical (unpaired) electrons. The number of carbonyl (C=O) groups is 1. The van der Waals surface area contributed by atoms with Gasteiger partial charge in [0.15, 0.2) is 5.82 Å². The fourth-order valence-electron chi connectivity index (χ4n) is 3.77. The lowest BCUT2D eigenvalue weighted by molar-refractivity contribution is -0.140. The average molecular weight is 420 g/mol. The number of rotatable bonds is 4. The quantitative estimate of drug-likeness (QED) is 0.635. The minimum absolute atomic E-state index is 0.0903. The van der Waals surface area contributed by atoms with E-state index in [0.717, 1.165) is 24.1 Å². The Labute approximate surface area is 181 Å². The highest BCUT2D eigenvalue weighted by Gasteiger charge is 2.37. The van der Waals surface area contributed by atoms with Crippen molar-refractivity contribution in [3.63, 3.8) is 0 Å². The van der Waals surface area contributed by atoms with Gasteiger partial charge in [-0.2, -0.15) is 0 Å². The number of hydrogen-bond acceptors (Lipinski definition) is 5. The van der Waals surface area contributed by atoms with Gasteiger partial charge in [0, 0.05) is 41.7 Å². The third-order valence-corrected chi connectivity index (χ3v) is 5.27. The van der Waals surface area contributed by atoms with E-state index in [1.54, 1.807) is 24.5 Å². The Morgan fingerprint density at radius 3 is 2.61 bits per heavy atom. The molecule has 1 saturated heterocycles. The molecule has 1 aliphatic rings. The molecule has 0 saturated carbocycles. The molecule has 1 N–H and O–H groups in total. The predicted molar refractivity (Wildman–Crippen MR) is 118 cm³/mol. The van der Waals surface area contributed by atoms with E-state index in [4.69, 9.17) is 9.97 Å². The second-order valence-corrected chi connectivity index (χ2v) is 8.77. The van der Waals surface area contributed by atoms with Crippen LogP contribution < -0.4 is 5.32 Å². The van der Waals surface area contributed by atoms with E-state index in [0.29, 0.717) is 23.9 Å². The fraction of sp³-hybridized carbons (Fsp3) is 0.333. The molecule has 160 valence electrons. The van der Waals surface area contributed by atoms with Crippen molar-refractivity contribution < 1.29 is 9.18 Å². The Balaban J connectivity index is 1.75. The molecule has 0 aliphatic carbocycles. The smallest absolute Gasteiger partial charge is 0.228 e. The monoisotopic (exact) mass is 419 g/mol. The van der Waals surface area contributed by atoms with E-state index in [2.05, 4.69) is 10.3 Å². The van der Waals surface area contributed by atoms with E-state index in [-0.39, 0.29) is 17.8 Å². The van der Waals surface area contributed by atoms with Gasteiger partial charge in [0.05, 0.1) is 11.7 Å². The van der Waals surface area contributed by atoms with Crippen LogP contribution in [-0.4, -0.2) is 32.3 Å². The first-order valence-electron chi connectivity index (χ1n) is 10.4. The molecule has 31 heavy (non-hydrogen) atoms. The van der Waals surface area contributed by atoms with Crippen molar-refractivity contribution in [2.75, 3.05) is 11.9 Å². The minimum Gasteiger partial charge on any atom is -0.340 e. The van der Waals surface area contributed by atoms with Crippen LogP contribution in [0, 0.1) is 11.2 Å². The number of likely N-dealkylation sites (tertiary alicyclic amines) is 1. The van der Waals surface area contributed by atoms with Crippen LogP contribution in [0.15, 0.2) is 54.9 Å². The van der Waals surface area contributed by atoms with E-state index < -0.39 is 5.41 Å². The summed E-state index contributed by atoms with van der Waals surface area (Å²) in [6.07, 6.45) is 5.13. The highest BCUT2D eigenvalue weighted by atomic mass is 19.1. The standard InChI is InChI=1S/C24H26FN5O/c1-24(2,3)23(31)30-13-5-8-20(30)22-28-19(16-9-11-26-12-10-16)15-21(29-22)27-18-7-4-6-17(25)14-18/h4,6-7,9-12,14-15,20H,5,8,13H2,1-3H3,(H,27,28,29)/t20-/m1/s1. The van der Waals surface area contributed by atoms with Gasteiger partial charge in [0.1, 0.15) is 11.6 Å². The highest BCUT2D eigenvalue weighted by molar-refractivity contribution is 5.82. The summed E-state index contributed by atoms with van der Waals surface area (Å²) in [5, 5.41) is 3.18. The zero-order valence-corrected chi connectivity index (χ0v) is 18.0. The molecule has 1 aliphatic heterocycles. The summed E-state index contributed by atoms with van der Waals surface area (Å²) in [6, 6.07) is 11.6. The van der Waals surface area contributed by atoms with Gasteiger partial charge in [-0.25, -0.2) is 14.4 Å². The maximum absolute atomic E-state index is 13.7. The SMILES string of the molecule is CC(C)(C)C(=O)N1CCC[C@@H]1c1nc(Nc2cccc(F)c2)cc(-c2ccncc2)n1. The van der Waals surface area contributed by atoms with Crippen LogP contribution in [0.3, 0.4) is 0 Å². The molecule has 3 aromatic rings. The summed E-state index contributed by atoms with van der Waals surface area (Å²) in [5.41, 5.74) is 1.74. The third-order valence-electron chi connectivity index (χ3n) is 5.27. The van der Waals surface area contributed by atoms with Gasteiger partial charge in [-0.1, -0.05) is 26.8 Å². The lowest BCUT2D eigenvalue weighted by atomic mass is 9.94. The molecule has 7 heteroatoms. The first-order chi connectivity index (χ1) is 14.8. The molecule has 6 nitrogen and oxygen atoms in total. The van der Waals surface area contributed by atoms with Gasteiger partial charge < -0.3 is 10.2 Å². The Bertz CT molecular complexity index is 1080. The highest BCUT2D eigenvalue weighted by Crippen LogP contribution is 2.35. The second-order valence-electron chi connectivity index (χ2n) is 8.77. The number of benzene rings is 1. The van der Waals surface area contributed by atoms with E-state index in [1.807, 2.05) is 43.9 Å². The number of amides is 1. The Kier molecular flexibility index (Phi) is 5.67. The lowest BCUT2D eigenvalue weighted by Crippen LogP contribution is -2.39. The summed E-state index contributed by atoms with van der Waals surface area (Å²) in [7, 11) is 0. The largest absolute Gasteiger partial charge is 0.340 e. The van der Waals surface area contributed by atoms with E-state index in [1.165, 1.54) is 12.1 Å². The molecule has 4 rings (SSSR count). The summed E-state index contributed by atoms with van der Waals surface area (Å²) in [6.45, 7) is 6.47.